The third-order valence-corrected chi connectivity index (χ3v) is 2.71. The van der Waals surface area contributed by atoms with Crippen molar-refractivity contribution in [2.45, 2.75) is 46.1 Å². The zero-order chi connectivity index (χ0) is 11.1. The highest BCUT2D eigenvalue weighted by Crippen LogP contribution is 2.12. The fourth-order valence-corrected chi connectivity index (χ4v) is 1.77. The highest BCUT2D eigenvalue weighted by atomic mass is 15.1. The second-order valence-electron chi connectivity index (χ2n) is 3.99. The SMILES string of the molecule is CCCNCCC(C)n1ccnc1CC. The van der Waals surface area contributed by atoms with E-state index in [0.29, 0.717) is 6.04 Å². The van der Waals surface area contributed by atoms with E-state index in [1.54, 1.807) is 0 Å². The lowest BCUT2D eigenvalue weighted by Crippen LogP contribution is -2.20. The Morgan fingerprint density at radius 1 is 1.40 bits per heavy atom. The molecule has 86 valence electrons. The van der Waals surface area contributed by atoms with Crippen LogP contribution in [0.1, 0.15) is 45.5 Å². The van der Waals surface area contributed by atoms with E-state index in [2.05, 4.69) is 41.8 Å². The number of nitrogens with one attached hydrogen (secondary N) is 1. The number of aromatic nitrogens is 2. The summed E-state index contributed by atoms with van der Waals surface area (Å²) in [6.07, 6.45) is 7.38. The first kappa shape index (κ1) is 12.2. The molecule has 0 saturated heterocycles. The van der Waals surface area contributed by atoms with Crippen molar-refractivity contribution in [1.29, 1.82) is 0 Å². The van der Waals surface area contributed by atoms with Crippen molar-refractivity contribution in [1.82, 2.24) is 14.9 Å². The van der Waals surface area contributed by atoms with Crippen molar-refractivity contribution in [2.24, 2.45) is 0 Å². The van der Waals surface area contributed by atoms with Crippen molar-refractivity contribution in [3.05, 3.63) is 18.2 Å². The third kappa shape index (κ3) is 3.67. The van der Waals surface area contributed by atoms with Crippen molar-refractivity contribution >= 4 is 0 Å². The normalized spacial score (nSPS) is 13.0. The molecule has 0 aliphatic rings. The molecule has 0 bridgehead atoms. The fourth-order valence-electron chi connectivity index (χ4n) is 1.77. The topological polar surface area (TPSA) is 29.9 Å². The standard InChI is InChI=1S/C12H23N3/c1-4-7-13-8-6-11(3)15-10-9-14-12(15)5-2/h9-11,13H,4-8H2,1-3H3. The van der Waals surface area contributed by atoms with Crippen molar-refractivity contribution < 1.29 is 0 Å². The van der Waals surface area contributed by atoms with Gasteiger partial charge in [0.25, 0.3) is 0 Å². The maximum Gasteiger partial charge on any atom is 0.108 e. The predicted octanol–water partition coefficient (Wildman–Crippen LogP) is 2.40. The molecule has 0 radical (unpaired) electrons. The minimum atomic E-state index is 0.548. The van der Waals surface area contributed by atoms with E-state index < -0.39 is 0 Å². The van der Waals surface area contributed by atoms with E-state index in [4.69, 9.17) is 0 Å². The first-order chi connectivity index (χ1) is 7.29. The quantitative estimate of drug-likeness (QED) is 0.699. The van der Waals surface area contributed by atoms with Crippen molar-refractivity contribution in [2.75, 3.05) is 13.1 Å². The third-order valence-electron chi connectivity index (χ3n) is 2.71. The molecule has 0 spiro atoms. The Kier molecular flexibility index (Phi) is 5.40. The lowest BCUT2D eigenvalue weighted by Gasteiger charge is -2.16. The molecule has 15 heavy (non-hydrogen) atoms. The van der Waals surface area contributed by atoms with Gasteiger partial charge in [-0.3, -0.25) is 0 Å². The summed E-state index contributed by atoms with van der Waals surface area (Å²) < 4.78 is 2.29. The molecule has 1 atom stereocenters. The molecule has 1 aromatic rings. The van der Waals surface area contributed by atoms with E-state index in [1.165, 1.54) is 18.7 Å². The molecule has 1 aromatic heterocycles. The lowest BCUT2D eigenvalue weighted by atomic mass is 10.2. The van der Waals surface area contributed by atoms with Crippen LogP contribution in [0.15, 0.2) is 12.4 Å². The maximum absolute atomic E-state index is 4.34. The molecule has 3 nitrogen and oxygen atoms in total. The van der Waals surface area contributed by atoms with Gasteiger partial charge in [0.15, 0.2) is 0 Å². The Hall–Kier alpha value is -0.830. The number of rotatable bonds is 7. The minimum absolute atomic E-state index is 0.548. The van der Waals surface area contributed by atoms with Crippen LogP contribution in [0.25, 0.3) is 0 Å². The molecule has 0 fully saturated rings. The van der Waals surface area contributed by atoms with Gasteiger partial charge in [-0.1, -0.05) is 13.8 Å². The van der Waals surface area contributed by atoms with Crippen LogP contribution < -0.4 is 5.32 Å². The molecule has 0 aliphatic carbocycles. The molecule has 1 unspecified atom stereocenters. The van der Waals surface area contributed by atoms with E-state index in [9.17, 15) is 0 Å². The zero-order valence-electron chi connectivity index (χ0n) is 10.2. The second-order valence-corrected chi connectivity index (χ2v) is 3.99. The highest BCUT2D eigenvalue weighted by Gasteiger charge is 2.07. The molecule has 1 rings (SSSR count). The molecular formula is C12H23N3. The van der Waals surface area contributed by atoms with Crippen LogP contribution in [-0.2, 0) is 6.42 Å². The van der Waals surface area contributed by atoms with Crippen LogP contribution in [0.4, 0.5) is 0 Å². The van der Waals surface area contributed by atoms with Gasteiger partial charge in [0.2, 0.25) is 0 Å². The molecule has 0 aromatic carbocycles. The summed E-state index contributed by atoms with van der Waals surface area (Å²) in [5.41, 5.74) is 0. The van der Waals surface area contributed by atoms with Gasteiger partial charge in [-0.05, 0) is 32.9 Å². The fraction of sp³-hybridized carbons (Fsp3) is 0.750. The smallest absolute Gasteiger partial charge is 0.108 e. The average Bonchev–Trinajstić information content (AvgIpc) is 2.72. The molecule has 3 heteroatoms. The van der Waals surface area contributed by atoms with Crippen LogP contribution in [0.5, 0.6) is 0 Å². The number of nitrogens with zero attached hydrogens (tertiary/aromatic N) is 2. The first-order valence-electron chi connectivity index (χ1n) is 6.02. The summed E-state index contributed by atoms with van der Waals surface area (Å²) in [7, 11) is 0. The van der Waals surface area contributed by atoms with Crippen LogP contribution >= 0.6 is 0 Å². The Morgan fingerprint density at radius 3 is 2.87 bits per heavy atom. The first-order valence-corrected chi connectivity index (χ1v) is 6.02. The van der Waals surface area contributed by atoms with Crippen LogP contribution in [0.3, 0.4) is 0 Å². The predicted molar refractivity (Wildman–Crippen MR) is 64.1 cm³/mol. The number of hydrogen-bond donors (Lipinski definition) is 1. The van der Waals surface area contributed by atoms with E-state index in [1.807, 2.05) is 6.20 Å². The van der Waals surface area contributed by atoms with Crippen LogP contribution in [-0.4, -0.2) is 22.6 Å². The minimum Gasteiger partial charge on any atom is -0.332 e. The molecule has 1 N–H and O–H groups in total. The molecule has 0 aliphatic heterocycles. The van der Waals surface area contributed by atoms with E-state index in [0.717, 1.165) is 19.5 Å². The Morgan fingerprint density at radius 2 is 2.20 bits per heavy atom. The Bertz CT molecular complexity index is 268. The monoisotopic (exact) mass is 209 g/mol. The van der Waals surface area contributed by atoms with Crippen molar-refractivity contribution in [3.8, 4) is 0 Å². The van der Waals surface area contributed by atoms with Gasteiger partial charge < -0.3 is 9.88 Å². The summed E-state index contributed by atoms with van der Waals surface area (Å²) in [5, 5.41) is 3.43. The van der Waals surface area contributed by atoms with Crippen molar-refractivity contribution in [3.63, 3.8) is 0 Å². The van der Waals surface area contributed by atoms with E-state index in [-0.39, 0.29) is 0 Å². The van der Waals surface area contributed by atoms with Gasteiger partial charge >= 0.3 is 0 Å². The Labute approximate surface area is 92.9 Å². The average molecular weight is 209 g/mol. The van der Waals surface area contributed by atoms with Crippen LogP contribution in [0, 0.1) is 0 Å². The second kappa shape index (κ2) is 6.62. The van der Waals surface area contributed by atoms with Crippen LogP contribution in [0.2, 0.25) is 0 Å². The van der Waals surface area contributed by atoms with Gasteiger partial charge in [-0.25, -0.2) is 4.98 Å². The summed E-state index contributed by atoms with van der Waals surface area (Å²) in [6, 6.07) is 0.548. The van der Waals surface area contributed by atoms with E-state index >= 15 is 0 Å². The Balaban J connectivity index is 2.36. The van der Waals surface area contributed by atoms with Gasteiger partial charge in [0, 0.05) is 24.9 Å². The van der Waals surface area contributed by atoms with Gasteiger partial charge in [-0.15, -0.1) is 0 Å². The summed E-state index contributed by atoms with van der Waals surface area (Å²) in [4.78, 5) is 4.34. The molecule has 1 heterocycles. The molecular weight excluding hydrogens is 186 g/mol. The number of imidazole rings is 1. The maximum atomic E-state index is 4.34. The van der Waals surface area contributed by atoms with Gasteiger partial charge in [-0.2, -0.15) is 0 Å². The van der Waals surface area contributed by atoms with Gasteiger partial charge in [0.05, 0.1) is 0 Å². The largest absolute Gasteiger partial charge is 0.332 e. The summed E-state index contributed by atoms with van der Waals surface area (Å²) in [6.45, 7) is 8.82. The lowest BCUT2D eigenvalue weighted by molar-refractivity contribution is 0.469. The summed E-state index contributed by atoms with van der Waals surface area (Å²) >= 11 is 0. The molecule has 0 saturated carbocycles. The van der Waals surface area contributed by atoms with Gasteiger partial charge in [0.1, 0.15) is 5.82 Å². The zero-order valence-corrected chi connectivity index (χ0v) is 10.2. The number of hydrogen-bond acceptors (Lipinski definition) is 2. The summed E-state index contributed by atoms with van der Waals surface area (Å²) in [5.74, 6) is 1.19. The molecule has 0 amide bonds. The number of aryl methyl sites for hydroxylation is 1. The highest BCUT2D eigenvalue weighted by molar-refractivity contribution is 4.94.